The maximum absolute atomic E-state index is 13.0. The maximum Gasteiger partial charge on any atom is 0.151 e. The third-order valence-corrected chi connectivity index (χ3v) is 3.95. The van der Waals surface area contributed by atoms with Gasteiger partial charge in [-0.2, -0.15) is 0 Å². The second kappa shape index (κ2) is 7.48. The van der Waals surface area contributed by atoms with E-state index in [1.54, 1.807) is 12.1 Å². The average Bonchev–Trinajstić information content (AvgIpc) is 2.58. The van der Waals surface area contributed by atoms with Crippen LogP contribution < -0.4 is 5.32 Å². The van der Waals surface area contributed by atoms with Crippen molar-refractivity contribution in [1.82, 2.24) is 15.1 Å². The van der Waals surface area contributed by atoms with Crippen molar-refractivity contribution in [3.63, 3.8) is 0 Å². The molecule has 1 aromatic carbocycles. The van der Waals surface area contributed by atoms with Crippen molar-refractivity contribution in [2.24, 2.45) is 0 Å². The average molecular weight is 316 g/mol. The number of aromatic nitrogens is 2. The van der Waals surface area contributed by atoms with E-state index in [0.717, 1.165) is 62.0 Å². The lowest BCUT2D eigenvalue weighted by Crippen LogP contribution is -2.39. The van der Waals surface area contributed by atoms with Crippen molar-refractivity contribution < 1.29 is 9.13 Å². The first-order valence-corrected chi connectivity index (χ1v) is 7.86. The molecule has 1 N–H and O–H groups in total. The van der Waals surface area contributed by atoms with Crippen LogP contribution in [-0.4, -0.2) is 54.5 Å². The molecule has 0 bridgehead atoms. The molecule has 2 heterocycles. The molecule has 6 heteroatoms. The molecule has 0 saturated carbocycles. The summed E-state index contributed by atoms with van der Waals surface area (Å²) >= 11 is 0. The van der Waals surface area contributed by atoms with E-state index in [-0.39, 0.29) is 5.82 Å². The van der Waals surface area contributed by atoms with Gasteiger partial charge in [0.25, 0.3) is 0 Å². The number of halogens is 1. The highest BCUT2D eigenvalue weighted by Crippen LogP contribution is 2.20. The third-order valence-electron chi connectivity index (χ3n) is 3.95. The van der Waals surface area contributed by atoms with Crippen LogP contribution in [0, 0.1) is 12.7 Å². The monoisotopic (exact) mass is 316 g/mol. The topological polar surface area (TPSA) is 50.3 Å². The Kier molecular flexibility index (Phi) is 5.15. The van der Waals surface area contributed by atoms with Crippen LogP contribution in [0.25, 0.3) is 11.3 Å². The smallest absolute Gasteiger partial charge is 0.151 e. The van der Waals surface area contributed by atoms with Gasteiger partial charge in [0, 0.05) is 31.7 Å². The van der Waals surface area contributed by atoms with Crippen molar-refractivity contribution in [2.75, 3.05) is 44.7 Å². The summed E-state index contributed by atoms with van der Waals surface area (Å²) < 4.78 is 18.3. The number of ether oxygens (including phenoxy) is 1. The van der Waals surface area contributed by atoms with Gasteiger partial charge in [-0.3, -0.25) is 4.90 Å². The fraction of sp³-hybridized carbons (Fsp3) is 0.412. The van der Waals surface area contributed by atoms with Gasteiger partial charge in [0.15, 0.2) is 5.82 Å². The van der Waals surface area contributed by atoms with Crippen molar-refractivity contribution in [2.45, 2.75) is 6.92 Å². The molecule has 122 valence electrons. The molecular formula is C17H21FN4O. The normalized spacial score (nSPS) is 15.6. The van der Waals surface area contributed by atoms with Gasteiger partial charge in [-0.1, -0.05) is 0 Å². The van der Waals surface area contributed by atoms with Crippen molar-refractivity contribution in [3.8, 4) is 11.3 Å². The quantitative estimate of drug-likeness (QED) is 0.917. The SMILES string of the molecule is Cc1cc(-c2ccc(F)cc2)nnc1NCCN1CCOCC1. The van der Waals surface area contributed by atoms with Crippen molar-refractivity contribution in [3.05, 3.63) is 41.7 Å². The van der Waals surface area contributed by atoms with Crippen molar-refractivity contribution >= 4 is 5.82 Å². The zero-order chi connectivity index (χ0) is 16.1. The highest BCUT2D eigenvalue weighted by atomic mass is 19.1. The van der Waals surface area contributed by atoms with Crippen LogP contribution >= 0.6 is 0 Å². The Morgan fingerprint density at radius 2 is 1.91 bits per heavy atom. The minimum atomic E-state index is -0.250. The summed E-state index contributed by atoms with van der Waals surface area (Å²) in [5, 5.41) is 11.8. The molecule has 5 nitrogen and oxygen atoms in total. The summed E-state index contributed by atoms with van der Waals surface area (Å²) in [7, 11) is 0. The molecule has 2 aromatic rings. The summed E-state index contributed by atoms with van der Waals surface area (Å²) in [5.41, 5.74) is 2.64. The maximum atomic E-state index is 13.0. The molecule has 23 heavy (non-hydrogen) atoms. The molecular weight excluding hydrogens is 295 g/mol. The number of anilines is 1. The van der Waals surface area contributed by atoms with E-state index < -0.39 is 0 Å². The van der Waals surface area contributed by atoms with Crippen molar-refractivity contribution in [1.29, 1.82) is 0 Å². The lowest BCUT2D eigenvalue weighted by Gasteiger charge is -2.26. The zero-order valence-corrected chi connectivity index (χ0v) is 13.3. The fourth-order valence-corrected chi connectivity index (χ4v) is 2.58. The number of morpholine rings is 1. The molecule has 0 unspecified atom stereocenters. The fourth-order valence-electron chi connectivity index (χ4n) is 2.58. The summed E-state index contributed by atoms with van der Waals surface area (Å²) in [5.74, 6) is 0.545. The van der Waals surface area contributed by atoms with Crippen LogP contribution in [0.5, 0.6) is 0 Å². The second-order valence-electron chi connectivity index (χ2n) is 5.65. The zero-order valence-electron chi connectivity index (χ0n) is 13.3. The molecule has 0 aliphatic carbocycles. The summed E-state index contributed by atoms with van der Waals surface area (Å²) in [6.07, 6.45) is 0. The first-order chi connectivity index (χ1) is 11.2. The number of hydrogen-bond acceptors (Lipinski definition) is 5. The van der Waals surface area contributed by atoms with E-state index in [9.17, 15) is 4.39 Å². The molecule has 1 fully saturated rings. The lowest BCUT2D eigenvalue weighted by molar-refractivity contribution is 0.0398. The van der Waals surface area contributed by atoms with Crippen LogP contribution in [0.3, 0.4) is 0 Å². The van der Waals surface area contributed by atoms with Crippen LogP contribution in [0.4, 0.5) is 10.2 Å². The number of hydrogen-bond donors (Lipinski definition) is 1. The first kappa shape index (κ1) is 15.8. The van der Waals surface area contributed by atoms with E-state index in [2.05, 4.69) is 20.4 Å². The standard InChI is InChI=1S/C17H21FN4O/c1-13-12-16(14-2-4-15(18)5-3-14)20-21-17(13)19-6-7-22-8-10-23-11-9-22/h2-5,12H,6-11H2,1H3,(H,19,21). The van der Waals surface area contributed by atoms with Gasteiger partial charge in [-0.05, 0) is 42.8 Å². The second-order valence-corrected chi connectivity index (χ2v) is 5.65. The van der Waals surface area contributed by atoms with Gasteiger partial charge < -0.3 is 10.1 Å². The molecule has 1 aliphatic rings. The lowest BCUT2D eigenvalue weighted by atomic mass is 10.1. The largest absolute Gasteiger partial charge is 0.379 e. The van der Waals surface area contributed by atoms with Crippen LogP contribution in [-0.2, 0) is 4.74 Å². The highest BCUT2D eigenvalue weighted by molar-refractivity contribution is 5.61. The Balaban J connectivity index is 1.59. The molecule has 1 aromatic heterocycles. The number of nitrogens with zero attached hydrogens (tertiary/aromatic N) is 3. The number of benzene rings is 1. The summed E-state index contributed by atoms with van der Waals surface area (Å²) in [4.78, 5) is 2.37. The number of nitrogens with one attached hydrogen (secondary N) is 1. The van der Waals surface area contributed by atoms with Gasteiger partial charge in [0.2, 0.25) is 0 Å². The Morgan fingerprint density at radius 1 is 1.17 bits per heavy atom. The van der Waals surface area contributed by atoms with E-state index in [1.165, 1.54) is 12.1 Å². The number of aryl methyl sites for hydroxylation is 1. The predicted octanol–water partition coefficient (Wildman–Crippen LogP) is 2.34. The Morgan fingerprint density at radius 3 is 2.61 bits per heavy atom. The molecule has 0 amide bonds. The Labute approximate surface area is 135 Å². The van der Waals surface area contributed by atoms with E-state index in [4.69, 9.17) is 4.74 Å². The molecule has 3 rings (SSSR count). The number of rotatable bonds is 5. The first-order valence-electron chi connectivity index (χ1n) is 7.86. The third kappa shape index (κ3) is 4.24. The van der Waals surface area contributed by atoms with Crippen LogP contribution in [0.1, 0.15) is 5.56 Å². The molecule has 1 saturated heterocycles. The summed E-state index contributed by atoms with van der Waals surface area (Å²) in [6.45, 7) is 7.37. The van der Waals surface area contributed by atoms with E-state index in [1.807, 2.05) is 13.0 Å². The minimum absolute atomic E-state index is 0.250. The molecule has 0 atom stereocenters. The summed E-state index contributed by atoms with van der Waals surface area (Å²) in [6, 6.07) is 8.26. The van der Waals surface area contributed by atoms with Gasteiger partial charge in [-0.15, -0.1) is 10.2 Å². The predicted molar refractivity (Wildman–Crippen MR) is 87.9 cm³/mol. The Hall–Kier alpha value is -2.05. The molecule has 0 radical (unpaired) electrons. The molecule has 0 spiro atoms. The van der Waals surface area contributed by atoms with E-state index in [0.29, 0.717) is 0 Å². The van der Waals surface area contributed by atoms with Gasteiger partial charge in [-0.25, -0.2) is 4.39 Å². The molecule has 1 aliphatic heterocycles. The van der Waals surface area contributed by atoms with E-state index >= 15 is 0 Å². The van der Waals surface area contributed by atoms with Crippen LogP contribution in [0.2, 0.25) is 0 Å². The highest BCUT2D eigenvalue weighted by Gasteiger charge is 2.10. The van der Waals surface area contributed by atoms with Gasteiger partial charge in [0.05, 0.1) is 18.9 Å². The van der Waals surface area contributed by atoms with Gasteiger partial charge in [0.1, 0.15) is 5.82 Å². The minimum Gasteiger partial charge on any atom is -0.379 e. The van der Waals surface area contributed by atoms with Gasteiger partial charge >= 0.3 is 0 Å². The Bertz CT molecular complexity index is 642. The van der Waals surface area contributed by atoms with Crippen LogP contribution in [0.15, 0.2) is 30.3 Å².